The van der Waals surface area contributed by atoms with Crippen molar-refractivity contribution in [3.63, 3.8) is 0 Å². The number of rotatable bonds is 10. The predicted molar refractivity (Wildman–Crippen MR) is 91.6 cm³/mol. The van der Waals surface area contributed by atoms with Gasteiger partial charge in [-0.15, -0.1) is 0 Å². The maximum atomic E-state index is 4.82. The third-order valence-electron chi connectivity index (χ3n) is 4.75. The van der Waals surface area contributed by atoms with Gasteiger partial charge in [-0.05, 0) is 43.7 Å². The number of nitrogens with one attached hydrogen (secondary N) is 1. The molecular weight excluding hydrogens is 258 g/mol. The van der Waals surface area contributed by atoms with Gasteiger partial charge in [0.1, 0.15) is 0 Å². The van der Waals surface area contributed by atoms with Crippen LogP contribution in [0.5, 0.6) is 0 Å². The summed E-state index contributed by atoms with van der Waals surface area (Å²) >= 11 is 0. The maximum absolute atomic E-state index is 4.82. The summed E-state index contributed by atoms with van der Waals surface area (Å²) in [7, 11) is 0. The van der Waals surface area contributed by atoms with Crippen LogP contribution in [0.1, 0.15) is 72.5 Å². The first-order valence-electron chi connectivity index (χ1n) is 8.80. The SMILES string of the molecule is CCCNC(Cc1ccn(C(CC)CC)n1)C(C)C(C)C. The minimum atomic E-state index is 0.523. The summed E-state index contributed by atoms with van der Waals surface area (Å²) in [6.07, 6.45) is 6.68. The van der Waals surface area contributed by atoms with Gasteiger partial charge in [-0.1, -0.05) is 41.5 Å². The van der Waals surface area contributed by atoms with E-state index in [0.29, 0.717) is 23.9 Å². The maximum Gasteiger partial charge on any atom is 0.0640 e. The van der Waals surface area contributed by atoms with Gasteiger partial charge < -0.3 is 5.32 Å². The van der Waals surface area contributed by atoms with Crippen LogP contribution in [-0.2, 0) is 6.42 Å². The van der Waals surface area contributed by atoms with E-state index >= 15 is 0 Å². The molecule has 0 fully saturated rings. The van der Waals surface area contributed by atoms with Gasteiger partial charge in [-0.3, -0.25) is 4.68 Å². The topological polar surface area (TPSA) is 29.9 Å². The zero-order valence-corrected chi connectivity index (χ0v) is 14.9. The molecule has 1 heterocycles. The van der Waals surface area contributed by atoms with Crippen molar-refractivity contribution < 1.29 is 0 Å². The van der Waals surface area contributed by atoms with E-state index in [2.05, 4.69) is 63.8 Å². The van der Waals surface area contributed by atoms with Crippen LogP contribution in [0.4, 0.5) is 0 Å². The Morgan fingerprint density at radius 3 is 2.33 bits per heavy atom. The molecule has 1 aromatic rings. The van der Waals surface area contributed by atoms with Crippen LogP contribution >= 0.6 is 0 Å². The fraction of sp³-hybridized carbons (Fsp3) is 0.833. The fourth-order valence-corrected chi connectivity index (χ4v) is 2.82. The van der Waals surface area contributed by atoms with Gasteiger partial charge in [-0.2, -0.15) is 5.10 Å². The molecule has 0 amide bonds. The normalized spacial score (nSPS) is 14.9. The molecule has 0 radical (unpaired) electrons. The number of nitrogens with zero attached hydrogens (tertiary/aromatic N) is 2. The largest absolute Gasteiger partial charge is 0.313 e. The molecule has 0 aliphatic carbocycles. The van der Waals surface area contributed by atoms with Crippen molar-refractivity contribution >= 4 is 0 Å². The Bertz CT molecular complexity index is 380. The Hall–Kier alpha value is -0.830. The van der Waals surface area contributed by atoms with Gasteiger partial charge in [0.15, 0.2) is 0 Å². The summed E-state index contributed by atoms with van der Waals surface area (Å²) in [5.41, 5.74) is 1.23. The second kappa shape index (κ2) is 9.24. The molecule has 0 spiro atoms. The lowest BCUT2D eigenvalue weighted by Gasteiger charge is -2.27. The summed E-state index contributed by atoms with van der Waals surface area (Å²) in [4.78, 5) is 0. The van der Waals surface area contributed by atoms with Crippen LogP contribution in [0.25, 0.3) is 0 Å². The van der Waals surface area contributed by atoms with Gasteiger partial charge in [0.05, 0.1) is 11.7 Å². The van der Waals surface area contributed by atoms with E-state index in [4.69, 9.17) is 5.10 Å². The molecule has 0 aliphatic heterocycles. The highest BCUT2D eigenvalue weighted by molar-refractivity contribution is 5.03. The minimum Gasteiger partial charge on any atom is -0.313 e. The monoisotopic (exact) mass is 293 g/mol. The Labute approximate surface area is 131 Å². The second-order valence-electron chi connectivity index (χ2n) is 6.63. The zero-order valence-electron chi connectivity index (χ0n) is 14.9. The summed E-state index contributed by atoms with van der Waals surface area (Å²) in [5, 5.41) is 8.53. The number of hydrogen-bond acceptors (Lipinski definition) is 2. The van der Waals surface area contributed by atoms with Crippen molar-refractivity contribution in [2.75, 3.05) is 6.54 Å². The van der Waals surface area contributed by atoms with Crippen molar-refractivity contribution in [3.05, 3.63) is 18.0 Å². The van der Waals surface area contributed by atoms with Gasteiger partial charge in [0, 0.05) is 18.7 Å². The van der Waals surface area contributed by atoms with Crippen LogP contribution in [0, 0.1) is 11.8 Å². The molecule has 0 aliphatic rings. The van der Waals surface area contributed by atoms with E-state index < -0.39 is 0 Å². The third kappa shape index (κ3) is 5.46. The van der Waals surface area contributed by atoms with E-state index in [1.807, 2.05) is 0 Å². The standard InChI is InChI=1S/C18H35N3/c1-7-11-19-18(15(6)14(4)5)13-16-10-12-21(20-16)17(8-2)9-3/h10,12,14-15,17-19H,7-9,11,13H2,1-6H3. The third-order valence-corrected chi connectivity index (χ3v) is 4.75. The van der Waals surface area contributed by atoms with Crippen LogP contribution in [0.3, 0.4) is 0 Å². The lowest BCUT2D eigenvalue weighted by atomic mass is 9.87. The van der Waals surface area contributed by atoms with Crippen molar-refractivity contribution in [2.45, 2.75) is 79.3 Å². The smallest absolute Gasteiger partial charge is 0.0640 e. The summed E-state index contributed by atoms with van der Waals surface area (Å²) < 4.78 is 2.16. The van der Waals surface area contributed by atoms with E-state index in [9.17, 15) is 0 Å². The van der Waals surface area contributed by atoms with Gasteiger partial charge >= 0.3 is 0 Å². The van der Waals surface area contributed by atoms with Gasteiger partial charge in [0.2, 0.25) is 0 Å². The summed E-state index contributed by atoms with van der Waals surface area (Å²) in [6.45, 7) is 14.8. The molecule has 3 heteroatoms. The molecular formula is C18H35N3. The molecule has 2 unspecified atom stereocenters. The first-order valence-corrected chi connectivity index (χ1v) is 8.80. The minimum absolute atomic E-state index is 0.523. The number of aromatic nitrogens is 2. The van der Waals surface area contributed by atoms with E-state index in [0.717, 1.165) is 25.8 Å². The van der Waals surface area contributed by atoms with Crippen molar-refractivity contribution in [1.29, 1.82) is 0 Å². The van der Waals surface area contributed by atoms with E-state index in [-0.39, 0.29) is 0 Å². The summed E-state index contributed by atoms with van der Waals surface area (Å²) in [6, 6.07) is 3.27. The molecule has 21 heavy (non-hydrogen) atoms. The van der Waals surface area contributed by atoms with Crippen molar-refractivity contribution in [2.24, 2.45) is 11.8 Å². The predicted octanol–water partition coefficient (Wildman–Crippen LogP) is 4.45. The lowest BCUT2D eigenvalue weighted by Crippen LogP contribution is -2.39. The van der Waals surface area contributed by atoms with Crippen LogP contribution in [0.2, 0.25) is 0 Å². The molecule has 1 N–H and O–H groups in total. The molecule has 3 nitrogen and oxygen atoms in total. The quantitative estimate of drug-likeness (QED) is 0.691. The van der Waals surface area contributed by atoms with Crippen LogP contribution < -0.4 is 5.32 Å². The van der Waals surface area contributed by atoms with Crippen molar-refractivity contribution in [3.8, 4) is 0 Å². The van der Waals surface area contributed by atoms with Crippen LogP contribution in [0.15, 0.2) is 12.3 Å². The first-order chi connectivity index (χ1) is 10.0. The molecule has 1 aromatic heterocycles. The highest BCUT2D eigenvalue weighted by atomic mass is 15.3. The molecule has 0 aromatic carbocycles. The van der Waals surface area contributed by atoms with Crippen molar-refractivity contribution in [1.82, 2.24) is 15.1 Å². The first kappa shape index (κ1) is 18.2. The fourth-order valence-electron chi connectivity index (χ4n) is 2.82. The lowest BCUT2D eigenvalue weighted by molar-refractivity contribution is 0.294. The average molecular weight is 293 g/mol. The van der Waals surface area contributed by atoms with Gasteiger partial charge in [0.25, 0.3) is 0 Å². The van der Waals surface area contributed by atoms with E-state index in [1.54, 1.807) is 0 Å². The Kier molecular flexibility index (Phi) is 8.02. The van der Waals surface area contributed by atoms with E-state index in [1.165, 1.54) is 12.1 Å². The molecule has 0 bridgehead atoms. The molecule has 2 atom stereocenters. The molecule has 1 rings (SSSR count). The average Bonchev–Trinajstić information content (AvgIpc) is 2.92. The molecule has 0 saturated carbocycles. The summed E-state index contributed by atoms with van der Waals surface area (Å²) in [5.74, 6) is 1.36. The Morgan fingerprint density at radius 2 is 1.81 bits per heavy atom. The Balaban J connectivity index is 2.74. The van der Waals surface area contributed by atoms with Crippen LogP contribution in [-0.4, -0.2) is 22.4 Å². The second-order valence-corrected chi connectivity index (χ2v) is 6.63. The molecule has 122 valence electrons. The van der Waals surface area contributed by atoms with Gasteiger partial charge in [-0.25, -0.2) is 0 Å². The number of hydrogen-bond donors (Lipinski definition) is 1. The highest BCUT2D eigenvalue weighted by Gasteiger charge is 2.21. The molecule has 0 saturated heterocycles. The zero-order chi connectivity index (χ0) is 15.8. The highest BCUT2D eigenvalue weighted by Crippen LogP contribution is 2.19. The Morgan fingerprint density at radius 1 is 1.14 bits per heavy atom.